The zero-order chi connectivity index (χ0) is 20.9. The van der Waals surface area contributed by atoms with E-state index in [1.54, 1.807) is 36.4 Å². The van der Waals surface area contributed by atoms with Crippen molar-refractivity contribution in [1.82, 2.24) is 4.98 Å². The highest BCUT2D eigenvalue weighted by Crippen LogP contribution is 2.29. The van der Waals surface area contributed by atoms with Gasteiger partial charge in [0.15, 0.2) is 5.13 Å². The Morgan fingerprint density at radius 3 is 2.33 bits per heavy atom. The molecule has 2 amide bonds. The summed E-state index contributed by atoms with van der Waals surface area (Å²) in [5.74, 6) is 0.313. The number of carbonyl (C=O) groups is 2. The number of carbonyl (C=O) groups excluding carboxylic acids is 2. The second kappa shape index (κ2) is 8.75. The standard InChI is InChI=1S/C23H19N3O3S/c1-2-29-18-12-13-19-20(14-18)30-23(25-19)26-22(28)16-8-10-17(11-9-16)24-21(27)15-6-4-3-5-7-15/h3-14H,2H2,1H3,(H,24,27)(H,25,26,28). The van der Waals surface area contributed by atoms with E-state index in [0.717, 1.165) is 16.0 Å². The molecule has 7 heteroatoms. The maximum absolute atomic E-state index is 12.6. The molecule has 2 N–H and O–H groups in total. The van der Waals surface area contributed by atoms with Gasteiger partial charge in [-0.15, -0.1) is 0 Å². The lowest BCUT2D eigenvalue weighted by molar-refractivity contribution is 0.102. The first-order valence-electron chi connectivity index (χ1n) is 9.43. The van der Waals surface area contributed by atoms with Gasteiger partial charge in [0.05, 0.1) is 16.8 Å². The zero-order valence-electron chi connectivity index (χ0n) is 16.2. The Hall–Kier alpha value is -3.71. The fourth-order valence-corrected chi connectivity index (χ4v) is 3.77. The molecule has 0 fully saturated rings. The highest BCUT2D eigenvalue weighted by atomic mass is 32.1. The van der Waals surface area contributed by atoms with Crippen LogP contribution >= 0.6 is 11.3 Å². The van der Waals surface area contributed by atoms with Crippen LogP contribution in [0.25, 0.3) is 10.2 Å². The molecule has 1 aromatic heterocycles. The number of benzene rings is 3. The summed E-state index contributed by atoms with van der Waals surface area (Å²) in [6.45, 7) is 2.52. The van der Waals surface area contributed by atoms with Crippen molar-refractivity contribution in [1.29, 1.82) is 0 Å². The van der Waals surface area contributed by atoms with Crippen molar-refractivity contribution in [2.75, 3.05) is 17.2 Å². The molecule has 6 nitrogen and oxygen atoms in total. The summed E-state index contributed by atoms with van der Waals surface area (Å²) in [5, 5.41) is 6.16. The van der Waals surface area contributed by atoms with Gasteiger partial charge in [-0.25, -0.2) is 4.98 Å². The third-order valence-corrected chi connectivity index (χ3v) is 5.27. The number of nitrogens with zero attached hydrogens (tertiary/aromatic N) is 1. The van der Waals surface area contributed by atoms with Crippen molar-refractivity contribution < 1.29 is 14.3 Å². The predicted octanol–water partition coefficient (Wildman–Crippen LogP) is 5.20. The Morgan fingerprint density at radius 1 is 0.900 bits per heavy atom. The maximum atomic E-state index is 12.6. The second-order valence-electron chi connectivity index (χ2n) is 6.43. The molecule has 30 heavy (non-hydrogen) atoms. The summed E-state index contributed by atoms with van der Waals surface area (Å²) < 4.78 is 6.44. The first-order chi connectivity index (χ1) is 14.6. The number of anilines is 2. The van der Waals surface area contributed by atoms with Crippen LogP contribution in [0.1, 0.15) is 27.6 Å². The van der Waals surface area contributed by atoms with Gasteiger partial charge in [-0.3, -0.25) is 14.9 Å². The van der Waals surface area contributed by atoms with E-state index < -0.39 is 0 Å². The first-order valence-corrected chi connectivity index (χ1v) is 10.3. The first kappa shape index (κ1) is 19.6. The van der Waals surface area contributed by atoms with E-state index in [9.17, 15) is 9.59 Å². The van der Waals surface area contributed by atoms with Crippen LogP contribution in [0.5, 0.6) is 5.75 Å². The molecule has 0 aliphatic carbocycles. The molecule has 1 heterocycles. The average Bonchev–Trinajstić information content (AvgIpc) is 3.16. The number of fused-ring (bicyclic) bond motifs is 1. The maximum Gasteiger partial charge on any atom is 0.257 e. The summed E-state index contributed by atoms with van der Waals surface area (Å²) in [5.41, 5.74) is 2.46. The van der Waals surface area contributed by atoms with E-state index in [2.05, 4.69) is 15.6 Å². The average molecular weight is 417 g/mol. The van der Waals surface area contributed by atoms with Crippen LogP contribution in [0.3, 0.4) is 0 Å². The molecule has 150 valence electrons. The Morgan fingerprint density at radius 2 is 1.60 bits per heavy atom. The van der Waals surface area contributed by atoms with Crippen molar-refractivity contribution in [2.24, 2.45) is 0 Å². The fraction of sp³-hybridized carbons (Fsp3) is 0.0870. The summed E-state index contributed by atoms with van der Waals surface area (Å²) in [4.78, 5) is 29.2. The lowest BCUT2D eigenvalue weighted by atomic mass is 10.1. The SMILES string of the molecule is CCOc1ccc2nc(NC(=O)c3ccc(NC(=O)c4ccccc4)cc3)sc2c1. The van der Waals surface area contributed by atoms with Crippen LogP contribution in [-0.2, 0) is 0 Å². The molecule has 0 aliphatic rings. The van der Waals surface area contributed by atoms with Crippen molar-refractivity contribution >= 4 is 44.2 Å². The fourth-order valence-electron chi connectivity index (χ4n) is 2.88. The summed E-state index contributed by atoms with van der Waals surface area (Å²) in [6.07, 6.45) is 0. The molecule has 0 saturated carbocycles. The van der Waals surface area contributed by atoms with Gasteiger partial charge in [-0.2, -0.15) is 0 Å². The summed E-state index contributed by atoms with van der Waals surface area (Å²) >= 11 is 1.39. The Kier molecular flexibility index (Phi) is 5.72. The van der Waals surface area contributed by atoms with Gasteiger partial charge < -0.3 is 10.1 Å². The Bertz CT molecular complexity index is 1190. The van der Waals surface area contributed by atoms with E-state index in [1.165, 1.54) is 11.3 Å². The van der Waals surface area contributed by atoms with E-state index in [-0.39, 0.29) is 11.8 Å². The largest absolute Gasteiger partial charge is 0.494 e. The van der Waals surface area contributed by atoms with Crippen LogP contribution in [-0.4, -0.2) is 23.4 Å². The van der Waals surface area contributed by atoms with Gasteiger partial charge in [-0.05, 0) is 61.5 Å². The Labute approximate surface area is 177 Å². The molecule has 0 bridgehead atoms. The van der Waals surface area contributed by atoms with Gasteiger partial charge in [-0.1, -0.05) is 29.5 Å². The second-order valence-corrected chi connectivity index (χ2v) is 7.46. The lowest BCUT2D eigenvalue weighted by Crippen LogP contribution is -2.13. The molecular formula is C23H19N3O3S. The van der Waals surface area contributed by atoms with Gasteiger partial charge in [0.2, 0.25) is 0 Å². The molecule has 4 aromatic rings. The monoisotopic (exact) mass is 417 g/mol. The Balaban J connectivity index is 1.42. The molecule has 0 radical (unpaired) electrons. The van der Waals surface area contributed by atoms with Crippen molar-refractivity contribution in [3.63, 3.8) is 0 Å². The number of hydrogen-bond donors (Lipinski definition) is 2. The third kappa shape index (κ3) is 4.47. The van der Waals surface area contributed by atoms with E-state index in [1.807, 2.05) is 43.3 Å². The van der Waals surface area contributed by atoms with Gasteiger partial charge in [0.25, 0.3) is 11.8 Å². The number of ether oxygens (including phenoxy) is 1. The minimum absolute atomic E-state index is 0.200. The molecule has 4 rings (SSSR count). The van der Waals surface area contributed by atoms with Crippen LogP contribution in [0.15, 0.2) is 72.8 Å². The number of nitrogens with one attached hydrogen (secondary N) is 2. The molecule has 3 aromatic carbocycles. The molecule has 0 aliphatic heterocycles. The molecular weight excluding hydrogens is 398 g/mol. The van der Waals surface area contributed by atoms with Gasteiger partial charge in [0, 0.05) is 16.8 Å². The van der Waals surface area contributed by atoms with Gasteiger partial charge in [0.1, 0.15) is 5.75 Å². The highest BCUT2D eigenvalue weighted by Gasteiger charge is 2.11. The zero-order valence-corrected chi connectivity index (χ0v) is 17.0. The van der Waals surface area contributed by atoms with Gasteiger partial charge >= 0.3 is 0 Å². The van der Waals surface area contributed by atoms with Crippen molar-refractivity contribution in [2.45, 2.75) is 6.92 Å². The minimum atomic E-state index is -0.264. The molecule has 0 spiro atoms. The van der Waals surface area contributed by atoms with Crippen molar-refractivity contribution in [3.8, 4) is 5.75 Å². The van der Waals surface area contributed by atoms with E-state index in [4.69, 9.17) is 4.74 Å². The quantitative estimate of drug-likeness (QED) is 0.452. The number of aromatic nitrogens is 1. The molecule has 0 unspecified atom stereocenters. The number of thiazole rings is 1. The number of hydrogen-bond acceptors (Lipinski definition) is 5. The summed E-state index contributed by atoms with van der Waals surface area (Å²) in [7, 11) is 0. The number of rotatable bonds is 6. The smallest absolute Gasteiger partial charge is 0.257 e. The van der Waals surface area contributed by atoms with E-state index in [0.29, 0.717) is 28.6 Å². The third-order valence-electron chi connectivity index (χ3n) is 4.33. The van der Waals surface area contributed by atoms with E-state index >= 15 is 0 Å². The number of amides is 2. The molecule has 0 saturated heterocycles. The normalized spacial score (nSPS) is 10.6. The van der Waals surface area contributed by atoms with Crippen molar-refractivity contribution in [3.05, 3.63) is 83.9 Å². The highest BCUT2D eigenvalue weighted by molar-refractivity contribution is 7.22. The van der Waals surface area contributed by atoms with Crippen LogP contribution in [0.2, 0.25) is 0 Å². The topological polar surface area (TPSA) is 80.3 Å². The predicted molar refractivity (Wildman–Crippen MR) is 120 cm³/mol. The van der Waals surface area contributed by atoms with Crippen LogP contribution in [0, 0.1) is 0 Å². The lowest BCUT2D eigenvalue weighted by Gasteiger charge is -2.06. The molecule has 0 atom stereocenters. The minimum Gasteiger partial charge on any atom is -0.494 e. The summed E-state index contributed by atoms with van der Waals surface area (Å²) in [6, 6.07) is 21.3. The van der Waals surface area contributed by atoms with Crippen LogP contribution in [0.4, 0.5) is 10.8 Å². The van der Waals surface area contributed by atoms with Crippen LogP contribution < -0.4 is 15.4 Å².